The molecule has 0 atom stereocenters. The van der Waals surface area contributed by atoms with Crippen LogP contribution in [0.3, 0.4) is 0 Å². The van der Waals surface area contributed by atoms with Crippen molar-refractivity contribution in [2.45, 2.75) is 13.8 Å². The van der Waals surface area contributed by atoms with Crippen LogP contribution in [0.15, 0.2) is 54.5 Å². The van der Waals surface area contributed by atoms with Crippen LogP contribution in [0, 0.1) is 36.5 Å². The molecule has 2 aromatic carbocycles. The van der Waals surface area contributed by atoms with E-state index >= 15 is 0 Å². The van der Waals surface area contributed by atoms with Crippen molar-refractivity contribution in [1.29, 1.82) is 10.5 Å². The van der Waals surface area contributed by atoms with Gasteiger partial charge < -0.3 is 10.1 Å². The third-order valence-corrected chi connectivity index (χ3v) is 3.99. The molecule has 1 N–H and O–H groups in total. The average molecular weight is 385 g/mol. The number of nitriles is 2. The van der Waals surface area contributed by atoms with Crippen molar-refractivity contribution in [3.63, 3.8) is 0 Å². The lowest BCUT2D eigenvalue weighted by atomic mass is 10.1. The summed E-state index contributed by atoms with van der Waals surface area (Å²) in [6, 6.07) is 15.5. The molecule has 3 aromatic rings. The first-order valence-electron chi connectivity index (χ1n) is 8.65. The van der Waals surface area contributed by atoms with Gasteiger partial charge in [-0.2, -0.15) is 19.9 Å². The Morgan fingerprint density at radius 2 is 1.79 bits per heavy atom. The SMILES string of the molecule is Cc1cc(/C=C(/F)C#N)cc(C)c1Oc1ccnc(Nc2ccc(C#N)cc2)n1. The van der Waals surface area contributed by atoms with Gasteiger partial charge in [0.15, 0.2) is 0 Å². The van der Waals surface area contributed by atoms with E-state index in [0.29, 0.717) is 28.7 Å². The van der Waals surface area contributed by atoms with E-state index in [-0.39, 0.29) is 0 Å². The number of ether oxygens (including phenoxy) is 1. The maximum Gasteiger partial charge on any atom is 0.230 e. The first-order chi connectivity index (χ1) is 14.0. The van der Waals surface area contributed by atoms with Gasteiger partial charge in [0.25, 0.3) is 0 Å². The summed E-state index contributed by atoms with van der Waals surface area (Å²) in [6.07, 6.45) is 2.74. The molecule has 0 fully saturated rings. The molecular weight excluding hydrogens is 369 g/mol. The fourth-order valence-electron chi connectivity index (χ4n) is 2.73. The fraction of sp³-hybridized carbons (Fsp3) is 0.0909. The van der Waals surface area contributed by atoms with Gasteiger partial charge in [-0.05, 0) is 73.0 Å². The summed E-state index contributed by atoms with van der Waals surface area (Å²) in [7, 11) is 0. The second kappa shape index (κ2) is 8.64. The highest BCUT2D eigenvalue weighted by Gasteiger charge is 2.10. The van der Waals surface area contributed by atoms with E-state index in [9.17, 15) is 4.39 Å². The number of nitrogens with one attached hydrogen (secondary N) is 1. The van der Waals surface area contributed by atoms with Gasteiger partial charge in [0.2, 0.25) is 17.7 Å². The third-order valence-electron chi connectivity index (χ3n) is 3.99. The van der Waals surface area contributed by atoms with E-state index in [1.54, 1.807) is 48.7 Å². The number of anilines is 2. The van der Waals surface area contributed by atoms with Crippen molar-refractivity contribution in [2.24, 2.45) is 0 Å². The first-order valence-corrected chi connectivity index (χ1v) is 8.65. The Morgan fingerprint density at radius 3 is 2.41 bits per heavy atom. The second-order valence-electron chi connectivity index (χ2n) is 6.22. The lowest BCUT2D eigenvalue weighted by molar-refractivity contribution is 0.455. The smallest absolute Gasteiger partial charge is 0.230 e. The number of hydrogen-bond donors (Lipinski definition) is 1. The molecule has 0 aliphatic carbocycles. The van der Waals surface area contributed by atoms with Crippen LogP contribution in [0.2, 0.25) is 0 Å². The van der Waals surface area contributed by atoms with Crippen LogP contribution in [0.25, 0.3) is 6.08 Å². The summed E-state index contributed by atoms with van der Waals surface area (Å²) < 4.78 is 19.2. The molecule has 0 aliphatic rings. The van der Waals surface area contributed by atoms with E-state index in [0.717, 1.165) is 16.8 Å². The fourth-order valence-corrected chi connectivity index (χ4v) is 2.73. The Bertz CT molecular complexity index is 1130. The van der Waals surface area contributed by atoms with Crippen LogP contribution < -0.4 is 10.1 Å². The van der Waals surface area contributed by atoms with Crippen LogP contribution in [0.4, 0.5) is 16.0 Å². The van der Waals surface area contributed by atoms with Crippen LogP contribution in [0.5, 0.6) is 11.6 Å². The Morgan fingerprint density at radius 1 is 1.10 bits per heavy atom. The highest BCUT2D eigenvalue weighted by Crippen LogP contribution is 2.30. The first kappa shape index (κ1) is 19.5. The van der Waals surface area contributed by atoms with E-state index in [1.807, 2.05) is 13.8 Å². The van der Waals surface area contributed by atoms with E-state index in [2.05, 4.69) is 21.4 Å². The standard InChI is InChI=1S/C22H16FN5O/c1-14-9-17(11-18(23)13-25)10-15(2)21(14)29-20-7-8-26-22(28-20)27-19-5-3-16(12-24)4-6-19/h3-11H,1-2H3,(H,26,27,28)/b18-11+. The number of halogens is 1. The zero-order chi connectivity index (χ0) is 20.8. The molecular formula is C22H16FN5O. The Hall–Kier alpha value is -4.23. The summed E-state index contributed by atoms with van der Waals surface area (Å²) in [6.45, 7) is 3.67. The highest BCUT2D eigenvalue weighted by molar-refractivity contribution is 5.60. The Kier molecular flexibility index (Phi) is 5.82. The highest BCUT2D eigenvalue weighted by atomic mass is 19.1. The van der Waals surface area contributed by atoms with Crippen LogP contribution in [0.1, 0.15) is 22.3 Å². The quantitative estimate of drug-likeness (QED) is 0.596. The van der Waals surface area contributed by atoms with Crippen molar-refractivity contribution in [3.05, 3.63) is 76.7 Å². The lowest BCUT2D eigenvalue weighted by Crippen LogP contribution is -1.99. The monoisotopic (exact) mass is 385 g/mol. The molecule has 142 valence electrons. The number of benzene rings is 2. The Labute approximate surface area is 167 Å². The normalized spacial score (nSPS) is 10.7. The molecule has 0 bridgehead atoms. The predicted molar refractivity (Wildman–Crippen MR) is 107 cm³/mol. The van der Waals surface area contributed by atoms with Crippen LogP contribution in [-0.2, 0) is 0 Å². The van der Waals surface area contributed by atoms with Gasteiger partial charge in [-0.1, -0.05) is 0 Å². The summed E-state index contributed by atoms with van der Waals surface area (Å²) in [5.41, 5.74) is 3.44. The predicted octanol–water partition coefficient (Wildman–Crippen LogP) is 5.34. The minimum atomic E-state index is -0.855. The van der Waals surface area contributed by atoms with Crippen LogP contribution >= 0.6 is 0 Å². The summed E-state index contributed by atoms with van der Waals surface area (Å²) in [5, 5.41) is 20.5. The molecule has 0 aliphatic heterocycles. The number of nitrogens with zero attached hydrogens (tertiary/aromatic N) is 4. The largest absolute Gasteiger partial charge is 0.438 e. The van der Waals surface area contributed by atoms with E-state index in [1.165, 1.54) is 12.1 Å². The van der Waals surface area contributed by atoms with Gasteiger partial charge in [-0.15, -0.1) is 0 Å². The van der Waals surface area contributed by atoms with Crippen molar-refractivity contribution in [3.8, 4) is 23.8 Å². The number of aryl methyl sites for hydroxylation is 2. The van der Waals surface area contributed by atoms with Crippen LogP contribution in [-0.4, -0.2) is 9.97 Å². The number of allylic oxidation sites excluding steroid dienone is 1. The number of rotatable bonds is 5. The van der Waals surface area contributed by atoms with Crippen molar-refractivity contribution < 1.29 is 9.13 Å². The zero-order valence-electron chi connectivity index (χ0n) is 15.8. The third kappa shape index (κ3) is 4.94. The summed E-state index contributed by atoms with van der Waals surface area (Å²) in [4.78, 5) is 8.52. The maximum absolute atomic E-state index is 13.2. The molecule has 0 unspecified atom stereocenters. The molecule has 0 spiro atoms. The van der Waals surface area contributed by atoms with Crippen molar-refractivity contribution >= 4 is 17.7 Å². The molecule has 1 aromatic heterocycles. The van der Waals surface area contributed by atoms with Crippen molar-refractivity contribution in [2.75, 3.05) is 5.32 Å². The van der Waals surface area contributed by atoms with Gasteiger partial charge in [0.1, 0.15) is 11.8 Å². The molecule has 1 heterocycles. The van der Waals surface area contributed by atoms with Gasteiger partial charge >= 0.3 is 0 Å². The molecule has 3 rings (SSSR count). The summed E-state index contributed by atoms with van der Waals surface area (Å²) in [5.74, 6) is 0.432. The number of aromatic nitrogens is 2. The number of hydrogen-bond acceptors (Lipinski definition) is 6. The molecule has 7 heteroatoms. The Balaban J connectivity index is 1.81. The topological polar surface area (TPSA) is 94.6 Å². The molecule has 0 radical (unpaired) electrons. The lowest BCUT2D eigenvalue weighted by Gasteiger charge is -2.13. The second-order valence-corrected chi connectivity index (χ2v) is 6.22. The summed E-state index contributed by atoms with van der Waals surface area (Å²) >= 11 is 0. The van der Waals surface area contributed by atoms with Gasteiger partial charge in [-0.25, -0.2) is 4.98 Å². The van der Waals surface area contributed by atoms with Crippen molar-refractivity contribution in [1.82, 2.24) is 9.97 Å². The maximum atomic E-state index is 13.2. The van der Waals surface area contributed by atoms with Gasteiger partial charge in [0, 0.05) is 18.0 Å². The average Bonchev–Trinajstić information content (AvgIpc) is 2.71. The molecule has 6 nitrogen and oxygen atoms in total. The molecule has 29 heavy (non-hydrogen) atoms. The van der Waals surface area contributed by atoms with E-state index in [4.69, 9.17) is 15.3 Å². The minimum Gasteiger partial charge on any atom is -0.438 e. The van der Waals surface area contributed by atoms with Gasteiger partial charge in [0.05, 0.1) is 11.6 Å². The van der Waals surface area contributed by atoms with E-state index < -0.39 is 5.83 Å². The minimum absolute atomic E-state index is 0.342. The molecule has 0 saturated heterocycles. The molecule has 0 amide bonds. The molecule has 0 saturated carbocycles. The van der Waals surface area contributed by atoms with Gasteiger partial charge in [-0.3, -0.25) is 0 Å². The zero-order valence-corrected chi connectivity index (χ0v) is 15.8.